The van der Waals surface area contributed by atoms with Crippen molar-refractivity contribution in [2.45, 2.75) is 19.4 Å². The third-order valence-corrected chi connectivity index (χ3v) is 2.42. The van der Waals surface area contributed by atoms with Crippen molar-refractivity contribution in [3.8, 4) is 0 Å². The van der Waals surface area contributed by atoms with Crippen LogP contribution in [0.25, 0.3) is 0 Å². The van der Waals surface area contributed by atoms with Crippen LogP contribution in [0.4, 0.5) is 0 Å². The highest BCUT2D eigenvalue weighted by atomic mass is 16.5. The number of ether oxygens (including phenoxy) is 2. The van der Waals surface area contributed by atoms with Gasteiger partial charge >= 0.3 is 0 Å². The molecule has 0 saturated carbocycles. The lowest BCUT2D eigenvalue weighted by Gasteiger charge is -2.29. The highest BCUT2D eigenvalue weighted by Crippen LogP contribution is 2.28. The van der Waals surface area contributed by atoms with E-state index in [4.69, 9.17) is 9.47 Å². The lowest BCUT2D eigenvalue weighted by molar-refractivity contribution is -0.114. The van der Waals surface area contributed by atoms with Gasteiger partial charge in [0.25, 0.3) is 0 Å². The van der Waals surface area contributed by atoms with Gasteiger partial charge in [-0.15, -0.1) is 0 Å². The van der Waals surface area contributed by atoms with E-state index >= 15 is 0 Å². The number of ketones is 1. The number of allylic oxidation sites excluding steroid dienone is 1. The minimum absolute atomic E-state index is 0.102. The average molecular weight is 182 g/mol. The molecule has 1 aliphatic carbocycles. The van der Waals surface area contributed by atoms with Crippen molar-refractivity contribution in [1.29, 1.82) is 0 Å². The lowest BCUT2D eigenvalue weighted by atomic mass is 9.90. The van der Waals surface area contributed by atoms with E-state index in [1.165, 1.54) is 7.11 Å². The zero-order valence-electron chi connectivity index (χ0n) is 8.38. The Morgan fingerprint density at radius 2 is 2.00 bits per heavy atom. The molecule has 0 saturated heterocycles. The fourth-order valence-corrected chi connectivity index (χ4v) is 1.23. The monoisotopic (exact) mass is 182 g/mol. The van der Waals surface area contributed by atoms with Crippen LogP contribution in [0.3, 0.4) is 0 Å². The van der Waals surface area contributed by atoms with Crippen molar-refractivity contribution < 1.29 is 14.3 Å². The summed E-state index contributed by atoms with van der Waals surface area (Å²) in [6.45, 7) is 3.76. The summed E-state index contributed by atoms with van der Waals surface area (Å²) in [6.07, 6.45) is 3.24. The first-order valence-electron chi connectivity index (χ1n) is 4.08. The summed E-state index contributed by atoms with van der Waals surface area (Å²) in [7, 11) is 3.09. The molecule has 1 rings (SSSR count). The summed E-state index contributed by atoms with van der Waals surface area (Å²) >= 11 is 0. The van der Waals surface area contributed by atoms with Crippen LogP contribution in [0.1, 0.15) is 13.8 Å². The number of carbonyl (C=O) groups excluding carboxylic acids is 1. The van der Waals surface area contributed by atoms with Gasteiger partial charge in [-0.3, -0.25) is 4.79 Å². The van der Waals surface area contributed by atoms with Crippen LogP contribution in [-0.2, 0) is 14.3 Å². The Morgan fingerprint density at radius 1 is 1.38 bits per heavy atom. The van der Waals surface area contributed by atoms with Gasteiger partial charge in [0.05, 0.1) is 7.11 Å². The molecule has 13 heavy (non-hydrogen) atoms. The van der Waals surface area contributed by atoms with Crippen molar-refractivity contribution in [1.82, 2.24) is 0 Å². The van der Waals surface area contributed by atoms with Gasteiger partial charge < -0.3 is 9.47 Å². The van der Waals surface area contributed by atoms with Gasteiger partial charge in [0.2, 0.25) is 5.78 Å². The maximum atomic E-state index is 11.3. The van der Waals surface area contributed by atoms with Crippen molar-refractivity contribution >= 4 is 5.78 Å². The second-order valence-corrected chi connectivity index (χ2v) is 3.22. The molecule has 0 N–H and O–H groups in total. The molecule has 0 amide bonds. The Kier molecular flexibility index (Phi) is 2.57. The number of carbonyl (C=O) groups is 1. The minimum atomic E-state index is -0.515. The summed E-state index contributed by atoms with van der Waals surface area (Å²) in [4.78, 5) is 11.3. The average Bonchev–Trinajstić information content (AvgIpc) is 2.11. The zero-order chi connectivity index (χ0) is 10.1. The molecular weight excluding hydrogens is 168 g/mol. The van der Waals surface area contributed by atoms with E-state index in [9.17, 15) is 4.79 Å². The molecule has 0 radical (unpaired) electrons. The number of hydrogen-bond acceptors (Lipinski definition) is 3. The Balaban J connectivity index is 3.07. The van der Waals surface area contributed by atoms with Crippen molar-refractivity contribution in [2.24, 2.45) is 0 Å². The van der Waals surface area contributed by atoms with Crippen LogP contribution in [0.5, 0.6) is 0 Å². The van der Waals surface area contributed by atoms with E-state index in [1.807, 2.05) is 13.8 Å². The largest absolute Gasteiger partial charge is 0.493 e. The molecule has 1 aliphatic rings. The Hall–Kier alpha value is -1.09. The summed E-state index contributed by atoms with van der Waals surface area (Å²) in [6, 6.07) is 0. The third kappa shape index (κ3) is 1.65. The molecule has 1 atom stereocenters. The summed E-state index contributed by atoms with van der Waals surface area (Å²) in [5.41, 5.74) is 0.375. The molecule has 0 heterocycles. The molecular formula is C10H14O3. The Morgan fingerprint density at radius 3 is 2.46 bits per heavy atom. The molecule has 3 nitrogen and oxygen atoms in total. The molecule has 0 fully saturated rings. The first-order valence-corrected chi connectivity index (χ1v) is 4.08. The number of rotatable bonds is 2. The van der Waals surface area contributed by atoms with Gasteiger partial charge in [0, 0.05) is 7.11 Å². The molecule has 0 aromatic heterocycles. The second kappa shape index (κ2) is 3.34. The highest BCUT2D eigenvalue weighted by molar-refractivity contribution is 6.04. The normalized spacial score (nSPS) is 28.2. The number of hydrogen-bond donors (Lipinski definition) is 0. The second-order valence-electron chi connectivity index (χ2n) is 3.22. The molecule has 0 bridgehead atoms. The molecule has 1 unspecified atom stereocenters. The molecule has 3 heteroatoms. The van der Waals surface area contributed by atoms with Gasteiger partial charge in [0.1, 0.15) is 5.60 Å². The SMILES string of the molecule is COC1=CC(C)(OC)C(C)=CC1=O. The fraction of sp³-hybridized carbons (Fsp3) is 0.500. The smallest absolute Gasteiger partial charge is 0.220 e. The third-order valence-electron chi connectivity index (χ3n) is 2.42. The van der Waals surface area contributed by atoms with Gasteiger partial charge in [-0.25, -0.2) is 0 Å². The lowest BCUT2D eigenvalue weighted by Crippen LogP contribution is -2.31. The van der Waals surface area contributed by atoms with Crippen molar-refractivity contribution in [3.63, 3.8) is 0 Å². The van der Waals surface area contributed by atoms with Gasteiger partial charge in [-0.1, -0.05) is 0 Å². The van der Waals surface area contributed by atoms with Crippen LogP contribution >= 0.6 is 0 Å². The predicted molar refractivity (Wildman–Crippen MR) is 49.3 cm³/mol. The molecule has 0 aliphatic heterocycles. The quantitative estimate of drug-likeness (QED) is 0.648. The summed E-state index contributed by atoms with van der Waals surface area (Å²) in [5, 5.41) is 0. The Labute approximate surface area is 78.0 Å². The van der Waals surface area contributed by atoms with Crippen LogP contribution in [0, 0.1) is 0 Å². The van der Waals surface area contributed by atoms with E-state index in [0.717, 1.165) is 5.57 Å². The molecule has 0 aromatic rings. The van der Waals surface area contributed by atoms with Crippen molar-refractivity contribution in [2.75, 3.05) is 14.2 Å². The van der Waals surface area contributed by atoms with E-state index in [0.29, 0.717) is 5.76 Å². The molecule has 72 valence electrons. The molecule has 0 spiro atoms. The maximum absolute atomic E-state index is 11.3. The predicted octanol–water partition coefficient (Wildman–Crippen LogP) is 1.45. The van der Waals surface area contributed by atoms with Crippen LogP contribution in [-0.4, -0.2) is 25.6 Å². The standard InChI is InChI=1S/C10H14O3/c1-7-5-8(11)9(12-3)6-10(7,2)13-4/h5-6H,1-4H3. The van der Waals surface area contributed by atoms with Crippen LogP contribution < -0.4 is 0 Å². The fourth-order valence-electron chi connectivity index (χ4n) is 1.23. The Bertz CT molecular complexity index is 289. The van der Waals surface area contributed by atoms with E-state index in [-0.39, 0.29) is 5.78 Å². The first-order chi connectivity index (χ1) is 6.03. The minimum Gasteiger partial charge on any atom is -0.493 e. The molecule has 0 aromatic carbocycles. The van der Waals surface area contributed by atoms with Crippen molar-refractivity contribution in [3.05, 3.63) is 23.5 Å². The van der Waals surface area contributed by atoms with Gasteiger partial charge in [0.15, 0.2) is 5.76 Å². The van der Waals surface area contributed by atoms with E-state index in [1.54, 1.807) is 19.3 Å². The van der Waals surface area contributed by atoms with Crippen LogP contribution in [0.15, 0.2) is 23.5 Å². The maximum Gasteiger partial charge on any atom is 0.220 e. The zero-order valence-corrected chi connectivity index (χ0v) is 8.38. The van der Waals surface area contributed by atoms with E-state index in [2.05, 4.69) is 0 Å². The summed E-state index contributed by atoms with van der Waals surface area (Å²) < 4.78 is 10.2. The van der Waals surface area contributed by atoms with E-state index < -0.39 is 5.60 Å². The summed E-state index contributed by atoms with van der Waals surface area (Å²) in [5.74, 6) is 0.240. The number of methoxy groups -OCH3 is 2. The highest BCUT2D eigenvalue weighted by Gasteiger charge is 2.30. The van der Waals surface area contributed by atoms with Crippen LogP contribution in [0.2, 0.25) is 0 Å². The topological polar surface area (TPSA) is 35.5 Å². The van der Waals surface area contributed by atoms with Gasteiger partial charge in [-0.2, -0.15) is 0 Å². The first kappa shape index (κ1) is 9.99. The van der Waals surface area contributed by atoms with Gasteiger partial charge in [-0.05, 0) is 31.6 Å².